The average Bonchev–Trinajstić information content (AvgIpc) is 3.39. The zero-order valence-electron chi connectivity index (χ0n) is 13.7. The summed E-state index contributed by atoms with van der Waals surface area (Å²) in [5, 5.41) is 2.75. The van der Waals surface area contributed by atoms with Crippen molar-refractivity contribution in [3.05, 3.63) is 53.6 Å². The fraction of sp³-hybridized carbons (Fsp3) is 0.211. The molecule has 0 saturated heterocycles. The summed E-state index contributed by atoms with van der Waals surface area (Å²) < 4.78 is 22.9. The van der Waals surface area contributed by atoms with Gasteiger partial charge in [0.05, 0.1) is 16.3 Å². The van der Waals surface area contributed by atoms with E-state index in [-0.39, 0.29) is 10.8 Å². The van der Waals surface area contributed by atoms with Crippen molar-refractivity contribution >= 4 is 27.1 Å². The highest BCUT2D eigenvalue weighted by atomic mass is 32.2. The summed E-state index contributed by atoms with van der Waals surface area (Å²) in [5.41, 5.74) is 8.00. The van der Waals surface area contributed by atoms with Gasteiger partial charge in [-0.25, -0.2) is 8.42 Å². The van der Waals surface area contributed by atoms with Gasteiger partial charge in [-0.3, -0.25) is 4.79 Å². The zero-order chi connectivity index (χ0) is 18.0. The lowest BCUT2D eigenvalue weighted by Crippen LogP contribution is -2.13. The molecule has 3 N–H and O–H groups in total. The van der Waals surface area contributed by atoms with Crippen LogP contribution >= 0.6 is 0 Å². The monoisotopic (exact) mass is 354 g/mol. The summed E-state index contributed by atoms with van der Waals surface area (Å²) in [4.78, 5) is 12.5. The Morgan fingerprint density at radius 1 is 1.16 bits per heavy atom. The molecule has 2 aromatic rings. The second-order valence-corrected chi connectivity index (χ2v) is 8.11. The van der Waals surface area contributed by atoms with Crippen molar-refractivity contribution in [2.75, 3.05) is 17.3 Å². The van der Waals surface area contributed by atoms with E-state index in [1.807, 2.05) is 6.07 Å². The molecule has 0 atom stereocenters. The van der Waals surface area contributed by atoms with Crippen molar-refractivity contribution in [3.63, 3.8) is 0 Å². The molecule has 0 heterocycles. The highest BCUT2D eigenvalue weighted by Gasteiger charge is 2.17. The summed E-state index contributed by atoms with van der Waals surface area (Å²) >= 11 is 0. The number of nitrogen functional groups attached to an aromatic ring is 1. The SMILES string of the molecule is CS(=O)(=O)c1ccc(C(=O)Nc2cc(C#CC3CC3)ccc2N)cc1. The second-order valence-electron chi connectivity index (χ2n) is 6.10. The van der Waals surface area contributed by atoms with Gasteiger partial charge in [0.1, 0.15) is 0 Å². The third kappa shape index (κ3) is 4.40. The van der Waals surface area contributed by atoms with Crippen LogP contribution in [0.2, 0.25) is 0 Å². The number of nitrogens with two attached hydrogens (primary N) is 1. The number of nitrogens with one attached hydrogen (secondary N) is 1. The van der Waals surface area contributed by atoms with Crippen molar-refractivity contribution in [1.82, 2.24) is 0 Å². The third-order valence-corrected chi connectivity index (χ3v) is 4.97. The maximum atomic E-state index is 12.4. The van der Waals surface area contributed by atoms with Gasteiger partial charge in [0.15, 0.2) is 9.84 Å². The average molecular weight is 354 g/mol. The summed E-state index contributed by atoms with van der Waals surface area (Å²) in [6.45, 7) is 0. The van der Waals surface area contributed by atoms with Crippen LogP contribution < -0.4 is 11.1 Å². The van der Waals surface area contributed by atoms with Gasteiger partial charge in [-0.05, 0) is 55.3 Å². The van der Waals surface area contributed by atoms with Crippen molar-refractivity contribution in [2.24, 2.45) is 5.92 Å². The molecule has 0 aromatic heterocycles. The molecule has 1 amide bonds. The quantitative estimate of drug-likeness (QED) is 0.655. The predicted octanol–water partition coefficient (Wildman–Crippen LogP) is 2.69. The van der Waals surface area contributed by atoms with E-state index in [0.717, 1.165) is 24.7 Å². The summed E-state index contributed by atoms with van der Waals surface area (Å²) in [6, 6.07) is 11.0. The Morgan fingerprint density at radius 2 is 1.84 bits per heavy atom. The van der Waals surface area contributed by atoms with E-state index in [4.69, 9.17) is 5.73 Å². The van der Waals surface area contributed by atoms with Gasteiger partial charge in [0, 0.05) is 23.3 Å². The first-order valence-corrected chi connectivity index (χ1v) is 9.74. The molecule has 1 aliphatic carbocycles. The van der Waals surface area contributed by atoms with E-state index >= 15 is 0 Å². The fourth-order valence-corrected chi connectivity index (χ4v) is 2.83. The Bertz CT molecular complexity index is 980. The van der Waals surface area contributed by atoms with Gasteiger partial charge in [-0.2, -0.15) is 0 Å². The lowest BCUT2D eigenvalue weighted by atomic mass is 10.1. The number of sulfone groups is 1. The topological polar surface area (TPSA) is 89.3 Å². The number of carbonyl (C=O) groups is 1. The fourth-order valence-electron chi connectivity index (χ4n) is 2.20. The Hall–Kier alpha value is -2.78. The van der Waals surface area contributed by atoms with Gasteiger partial charge in [-0.15, -0.1) is 0 Å². The van der Waals surface area contributed by atoms with Crippen LogP contribution in [0.1, 0.15) is 28.8 Å². The summed E-state index contributed by atoms with van der Waals surface area (Å²) in [6.07, 6.45) is 3.42. The van der Waals surface area contributed by atoms with Crippen LogP contribution in [0.4, 0.5) is 11.4 Å². The largest absolute Gasteiger partial charge is 0.397 e. The maximum absolute atomic E-state index is 12.4. The van der Waals surface area contributed by atoms with E-state index in [1.54, 1.807) is 12.1 Å². The molecule has 1 saturated carbocycles. The van der Waals surface area contributed by atoms with Crippen LogP contribution in [-0.4, -0.2) is 20.6 Å². The van der Waals surface area contributed by atoms with Crippen LogP contribution in [0.3, 0.4) is 0 Å². The zero-order valence-corrected chi connectivity index (χ0v) is 14.6. The molecule has 1 fully saturated rings. The van der Waals surface area contributed by atoms with Crippen LogP contribution in [0.5, 0.6) is 0 Å². The van der Waals surface area contributed by atoms with Crippen LogP contribution in [0, 0.1) is 17.8 Å². The standard InChI is InChI=1S/C19H18N2O3S/c1-25(23,24)16-9-7-15(8-10-16)19(22)21-18-12-14(6-11-17(18)20)5-4-13-2-3-13/h6-13H,2-3,20H2,1H3,(H,21,22). The molecule has 2 aromatic carbocycles. The third-order valence-electron chi connectivity index (χ3n) is 3.84. The summed E-state index contributed by atoms with van der Waals surface area (Å²) in [7, 11) is -3.29. The molecule has 3 rings (SSSR count). The highest BCUT2D eigenvalue weighted by Crippen LogP contribution is 2.28. The molecule has 1 aliphatic rings. The van der Waals surface area contributed by atoms with E-state index in [9.17, 15) is 13.2 Å². The number of anilines is 2. The van der Waals surface area contributed by atoms with Crippen LogP contribution in [-0.2, 0) is 9.84 Å². The van der Waals surface area contributed by atoms with Gasteiger partial charge in [-0.1, -0.05) is 11.8 Å². The first-order valence-electron chi connectivity index (χ1n) is 7.85. The summed E-state index contributed by atoms with van der Waals surface area (Å²) in [5.74, 6) is 6.38. The minimum Gasteiger partial charge on any atom is -0.397 e. The number of carbonyl (C=O) groups excluding carboxylic acids is 1. The minimum atomic E-state index is -3.29. The molecule has 0 unspecified atom stereocenters. The highest BCUT2D eigenvalue weighted by molar-refractivity contribution is 7.90. The molecule has 0 aliphatic heterocycles. The molecule has 0 bridgehead atoms. The van der Waals surface area contributed by atoms with Gasteiger partial charge in [0.2, 0.25) is 0 Å². The number of rotatable bonds is 3. The Kier molecular flexibility index (Phi) is 4.51. The van der Waals surface area contributed by atoms with Crippen LogP contribution in [0.15, 0.2) is 47.4 Å². The van der Waals surface area contributed by atoms with Crippen molar-refractivity contribution in [2.45, 2.75) is 17.7 Å². The van der Waals surface area contributed by atoms with Crippen LogP contribution in [0.25, 0.3) is 0 Å². The lowest BCUT2D eigenvalue weighted by Gasteiger charge is -2.09. The number of hydrogen-bond donors (Lipinski definition) is 2. The molecule has 128 valence electrons. The van der Waals surface area contributed by atoms with Gasteiger partial charge in [0.25, 0.3) is 5.91 Å². The normalized spacial score (nSPS) is 13.6. The van der Waals surface area contributed by atoms with E-state index < -0.39 is 9.84 Å². The molecule has 6 heteroatoms. The first kappa shape index (κ1) is 17.1. The lowest BCUT2D eigenvalue weighted by molar-refractivity contribution is 0.102. The van der Waals surface area contributed by atoms with E-state index in [1.165, 1.54) is 24.3 Å². The van der Waals surface area contributed by atoms with Crippen molar-refractivity contribution in [1.29, 1.82) is 0 Å². The molecular weight excluding hydrogens is 336 g/mol. The number of hydrogen-bond acceptors (Lipinski definition) is 4. The maximum Gasteiger partial charge on any atom is 0.255 e. The minimum absolute atomic E-state index is 0.168. The molecule has 0 radical (unpaired) electrons. The molecule has 0 spiro atoms. The molecule has 25 heavy (non-hydrogen) atoms. The number of benzene rings is 2. The van der Waals surface area contributed by atoms with Gasteiger partial charge >= 0.3 is 0 Å². The van der Waals surface area contributed by atoms with Crippen molar-refractivity contribution in [3.8, 4) is 11.8 Å². The Labute approximate surface area is 147 Å². The van der Waals surface area contributed by atoms with Crippen molar-refractivity contribution < 1.29 is 13.2 Å². The Morgan fingerprint density at radius 3 is 2.44 bits per heavy atom. The van der Waals surface area contributed by atoms with E-state index in [0.29, 0.717) is 22.9 Å². The van der Waals surface area contributed by atoms with Gasteiger partial charge < -0.3 is 11.1 Å². The molecular formula is C19H18N2O3S. The number of amides is 1. The molecule has 5 nitrogen and oxygen atoms in total. The smallest absolute Gasteiger partial charge is 0.255 e. The predicted molar refractivity (Wildman–Crippen MR) is 98.0 cm³/mol. The Balaban J connectivity index is 1.78. The van der Waals surface area contributed by atoms with E-state index in [2.05, 4.69) is 17.2 Å². The second kappa shape index (κ2) is 6.61. The first-order chi connectivity index (χ1) is 11.8.